The van der Waals surface area contributed by atoms with Crippen molar-refractivity contribution in [3.05, 3.63) is 101 Å². The van der Waals surface area contributed by atoms with Gasteiger partial charge >= 0.3 is 5.97 Å². The molecule has 0 atom stereocenters. The van der Waals surface area contributed by atoms with Gasteiger partial charge in [-0.05, 0) is 44.2 Å². The highest BCUT2D eigenvalue weighted by Crippen LogP contribution is 2.14. The van der Waals surface area contributed by atoms with E-state index in [0.717, 1.165) is 11.1 Å². The van der Waals surface area contributed by atoms with E-state index in [4.69, 9.17) is 4.74 Å². The second-order valence-corrected chi connectivity index (χ2v) is 6.77. The summed E-state index contributed by atoms with van der Waals surface area (Å²) in [5, 5.41) is 2.76. The van der Waals surface area contributed by atoms with Crippen LogP contribution in [0.3, 0.4) is 0 Å². The van der Waals surface area contributed by atoms with Crippen LogP contribution in [0.15, 0.2) is 72.8 Å². The highest BCUT2D eigenvalue weighted by molar-refractivity contribution is 6.05. The first-order valence-corrected chi connectivity index (χ1v) is 9.17. The number of benzene rings is 3. The topological polar surface area (TPSA) is 72.5 Å². The molecule has 0 aliphatic carbocycles. The van der Waals surface area contributed by atoms with Crippen molar-refractivity contribution in [3.63, 3.8) is 0 Å². The molecule has 146 valence electrons. The number of carbonyl (C=O) groups excluding carboxylic acids is 3. The highest BCUT2D eigenvalue weighted by Gasteiger charge is 2.13. The first-order chi connectivity index (χ1) is 13.9. The maximum atomic E-state index is 12.3. The first-order valence-electron chi connectivity index (χ1n) is 9.17. The van der Waals surface area contributed by atoms with Gasteiger partial charge in [-0.15, -0.1) is 0 Å². The summed E-state index contributed by atoms with van der Waals surface area (Å²) in [4.78, 5) is 36.8. The summed E-state index contributed by atoms with van der Waals surface area (Å²) in [6, 6.07) is 20.7. The number of hydrogen-bond acceptors (Lipinski definition) is 4. The van der Waals surface area contributed by atoms with Crippen LogP contribution in [0.4, 0.5) is 5.69 Å². The molecule has 0 saturated heterocycles. The van der Waals surface area contributed by atoms with E-state index in [9.17, 15) is 14.4 Å². The van der Waals surface area contributed by atoms with Crippen LogP contribution in [0.5, 0.6) is 0 Å². The van der Waals surface area contributed by atoms with Gasteiger partial charge in [-0.1, -0.05) is 53.6 Å². The maximum absolute atomic E-state index is 12.3. The molecule has 0 spiro atoms. The van der Waals surface area contributed by atoms with E-state index in [-0.39, 0.29) is 23.9 Å². The lowest BCUT2D eigenvalue weighted by atomic mass is 10.1. The van der Waals surface area contributed by atoms with E-state index < -0.39 is 5.97 Å². The van der Waals surface area contributed by atoms with Crippen molar-refractivity contribution in [2.24, 2.45) is 0 Å². The highest BCUT2D eigenvalue weighted by atomic mass is 16.5. The van der Waals surface area contributed by atoms with Gasteiger partial charge in [-0.3, -0.25) is 9.59 Å². The summed E-state index contributed by atoms with van der Waals surface area (Å²) in [7, 11) is 0. The standard InChI is InChI=1S/C24H21NO4/c1-16-6-10-18(11-7-16)22(26)15-29-24(28)20-4-3-5-21(14-20)25-23(27)19-12-8-17(2)9-13-19/h3-14H,15H2,1-2H3,(H,25,27). The minimum Gasteiger partial charge on any atom is -0.454 e. The van der Waals surface area contributed by atoms with Crippen LogP contribution in [0.25, 0.3) is 0 Å². The molecule has 0 aliphatic rings. The minimum atomic E-state index is -0.628. The number of ketones is 1. The molecule has 0 fully saturated rings. The zero-order valence-corrected chi connectivity index (χ0v) is 16.3. The Hall–Kier alpha value is -3.73. The van der Waals surface area contributed by atoms with Crippen molar-refractivity contribution in [1.29, 1.82) is 0 Å². The molecule has 1 N–H and O–H groups in total. The molecule has 1 amide bonds. The molecule has 29 heavy (non-hydrogen) atoms. The Labute approximate surface area is 169 Å². The summed E-state index contributed by atoms with van der Waals surface area (Å²) >= 11 is 0. The average Bonchev–Trinajstić information content (AvgIpc) is 2.73. The predicted molar refractivity (Wildman–Crippen MR) is 111 cm³/mol. The van der Waals surface area contributed by atoms with E-state index in [2.05, 4.69) is 5.32 Å². The minimum absolute atomic E-state index is 0.253. The Morgan fingerprint density at radius 3 is 1.97 bits per heavy atom. The average molecular weight is 387 g/mol. The van der Waals surface area contributed by atoms with Crippen molar-refractivity contribution < 1.29 is 19.1 Å². The lowest BCUT2D eigenvalue weighted by molar-refractivity contribution is 0.0474. The lowest BCUT2D eigenvalue weighted by Crippen LogP contribution is -2.15. The number of nitrogens with one attached hydrogen (secondary N) is 1. The largest absolute Gasteiger partial charge is 0.454 e. The van der Waals surface area contributed by atoms with E-state index in [1.807, 2.05) is 38.1 Å². The number of rotatable bonds is 6. The fraction of sp³-hybridized carbons (Fsp3) is 0.125. The number of esters is 1. The zero-order chi connectivity index (χ0) is 20.8. The molecular formula is C24H21NO4. The molecule has 0 aromatic heterocycles. The van der Waals surface area contributed by atoms with Gasteiger partial charge in [-0.25, -0.2) is 4.79 Å². The Morgan fingerprint density at radius 1 is 0.759 bits per heavy atom. The van der Waals surface area contributed by atoms with Crippen molar-refractivity contribution in [2.45, 2.75) is 13.8 Å². The molecule has 5 heteroatoms. The van der Waals surface area contributed by atoms with Gasteiger partial charge in [0.25, 0.3) is 5.91 Å². The number of hydrogen-bond donors (Lipinski definition) is 1. The van der Waals surface area contributed by atoms with Gasteiger partial charge in [0, 0.05) is 16.8 Å². The fourth-order valence-corrected chi connectivity index (χ4v) is 2.67. The molecule has 3 rings (SSSR count). The summed E-state index contributed by atoms with van der Waals surface area (Å²) < 4.78 is 5.13. The van der Waals surface area contributed by atoms with Crippen molar-refractivity contribution in [3.8, 4) is 0 Å². The van der Waals surface area contributed by atoms with Gasteiger partial charge < -0.3 is 10.1 Å². The second kappa shape index (κ2) is 8.97. The molecular weight excluding hydrogens is 366 g/mol. The third-order valence-corrected chi connectivity index (χ3v) is 4.38. The zero-order valence-electron chi connectivity index (χ0n) is 16.3. The molecule has 0 aliphatic heterocycles. The molecule has 0 heterocycles. The van der Waals surface area contributed by atoms with Crippen LogP contribution in [0.1, 0.15) is 42.2 Å². The van der Waals surface area contributed by atoms with Crippen molar-refractivity contribution in [2.75, 3.05) is 11.9 Å². The molecule has 0 bridgehead atoms. The van der Waals surface area contributed by atoms with Crippen LogP contribution in [-0.4, -0.2) is 24.3 Å². The van der Waals surface area contributed by atoms with Gasteiger partial charge in [0.1, 0.15) is 0 Å². The second-order valence-electron chi connectivity index (χ2n) is 6.77. The summed E-state index contributed by atoms with van der Waals surface area (Å²) in [6.45, 7) is 3.53. The third kappa shape index (κ3) is 5.39. The quantitative estimate of drug-likeness (QED) is 0.496. The number of carbonyl (C=O) groups is 3. The predicted octanol–water partition coefficient (Wildman–Crippen LogP) is 4.60. The fourth-order valence-electron chi connectivity index (χ4n) is 2.67. The van der Waals surface area contributed by atoms with Crippen LogP contribution >= 0.6 is 0 Å². The Kier molecular flexibility index (Phi) is 6.19. The van der Waals surface area contributed by atoms with Crippen LogP contribution < -0.4 is 5.32 Å². The number of Topliss-reactive ketones (excluding diaryl/α,β-unsaturated/α-hetero) is 1. The summed E-state index contributed by atoms with van der Waals surface area (Å²) in [5.74, 6) is -1.18. The number of aryl methyl sites for hydroxylation is 2. The van der Waals surface area contributed by atoms with Crippen LogP contribution in [0.2, 0.25) is 0 Å². The SMILES string of the molecule is Cc1ccc(C(=O)COC(=O)c2cccc(NC(=O)c3ccc(C)cc3)c2)cc1. The normalized spacial score (nSPS) is 10.3. The van der Waals surface area contributed by atoms with E-state index in [1.54, 1.807) is 42.5 Å². The molecule has 0 saturated carbocycles. The maximum Gasteiger partial charge on any atom is 0.338 e. The number of anilines is 1. The lowest BCUT2D eigenvalue weighted by Gasteiger charge is -2.08. The Balaban J connectivity index is 1.61. The summed E-state index contributed by atoms with van der Waals surface area (Å²) in [5.41, 5.74) is 3.84. The monoisotopic (exact) mass is 387 g/mol. The van der Waals surface area contributed by atoms with Gasteiger partial charge in [0.2, 0.25) is 0 Å². The Morgan fingerprint density at radius 2 is 1.34 bits per heavy atom. The van der Waals surface area contributed by atoms with Crippen molar-refractivity contribution in [1.82, 2.24) is 0 Å². The van der Waals surface area contributed by atoms with Crippen LogP contribution in [-0.2, 0) is 4.74 Å². The summed E-state index contributed by atoms with van der Waals surface area (Å²) in [6.07, 6.45) is 0. The molecule has 0 radical (unpaired) electrons. The Bertz CT molecular complexity index is 1040. The third-order valence-electron chi connectivity index (χ3n) is 4.38. The van der Waals surface area contributed by atoms with Crippen molar-refractivity contribution >= 4 is 23.3 Å². The van der Waals surface area contributed by atoms with E-state index in [1.165, 1.54) is 6.07 Å². The number of amides is 1. The molecule has 0 unspecified atom stereocenters. The molecule has 3 aromatic rings. The van der Waals surface area contributed by atoms with E-state index >= 15 is 0 Å². The molecule has 5 nitrogen and oxygen atoms in total. The first kappa shape index (κ1) is 20.0. The number of ether oxygens (including phenoxy) is 1. The van der Waals surface area contributed by atoms with Gasteiger partial charge in [0.05, 0.1) is 5.56 Å². The molecule has 3 aromatic carbocycles. The van der Waals surface area contributed by atoms with Gasteiger partial charge in [0.15, 0.2) is 12.4 Å². The van der Waals surface area contributed by atoms with Gasteiger partial charge in [-0.2, -0.15) is 0 Å². The van der Waals surface area contributed by atoms with E-state index in [0.29, 0.717) is 16.8 Å². The van der Waals surface area contributed by atoms with Crippen LogP contribution in [0, 0.1) is 13.8 Å². The smallest absolute Gasteiger partial charge is 0.338 e.